The van der Waals surface area contributed by atoms with E-state index in [9.17, 15) is 18.0 Å². The van der Waals surface area contributed by atoms with Crippen LogP contribution >= 0.6 is 12.6 Å². The highest BCUT2D eigenvalue weighted by Gasteiger charge is 2.30. The van der Waals surface area contributed by atoms with Crippen molar-refractivity contribution in [1.29, 1.82) is 0 Å². The predicted octanol–water partition coefficient (Wildman–Crippen LogP) is 1.76. The van der Waals surface area contributed by atoms with Gasteiger partial charge in [0.15, 0.2) is 0 Å². The zero-order valence-corrected chi connectivity index (χ0v) is 8.08. The number of alkyl halides is 3. The first-order valence-corrected chi connectivity index (χ1v) is 4.45. The fraction of sp³-hybridized carbons (Fsp3) is 0.857. The molecule has 0 rings (SSSR count). The summed E-state index contributed by atoms with van der Waals surface area (Å²) in [7, 11) is 0. The van der Waals surface area contributed by atoms with Crippen LogP contribution in [0.3, 0.4) is 0 Å². The Kier molecular flexibility index (Phi) is 5.20. The van der Waals surface area contributed by atoms with E-state index in [1.54, 1.807) is 0 Å². The van der Waals surface area contributed by atoms with Crippen LogP contribution in [0.15, 0.2) is 0 Å². The van der Waals surface area contributed by atoms with Gasteiger partial charge in [-0.3, -0.25) is 4.79 Å². The van der Waals surface area contributed by atoms with Crippen LogP contribution in [0.25, 0.3) is 0 Å². The van der Waals surface area contributed by atoms with Gasteiger partial charge >= 0.3 is 6.18 Å². The van der Waals surface area contributed by atoms with E-state index < -0.39 is 24.5 Å². The van der Waals surface area contributed by atoms with Crippen molar-refractivity contribution in [1.82, 2.24) is 5.32 Å². The molecule has 0 aromatic heterocycles. The molecule has 13 heavy (non-hydrogen) atoms. The molecule has 0 aliphatic rings. The molecule has 0 aliphatic carbocycles. The maximum absolute atomic E-state index is 11.8. The largest absolute Gasteiger partial charge is 0.391 e. The van der Waals surface area contributed by atoms with Crippen LogP contribution < -0.4 is 5.32 Å². The van der Waals surface area contributed by atoms with Gasteiger partial charge in [-0.1, -0.05) is 0 Å². The van der Waals surface area contributed by atoms with Crippen LogP contribution in [0.2, 0.25) is 0 Å². The number of carbonyl (C=O) groups is 1. The van der Waals surface area contributed by atoms with Crippen molar-refractivity contribution >= 4 is 18.5 Å². The maximum atomic E-state index is 11.8. The van der Waals surface area contributed by atoms with Crippen LogP contribution in [0.1, 0.15) is 19.8 Å². The lowest BCUT2D eigenvalue weighted by Gasteiger charge is -2.15. The predicted molar refractivity (Wildman–Crippen MR) is 46.7 cm³/mol. The molecule has 1 N–H and O–H groups in total. The van der Waals surface area contributed by atoms with Crippen molar-refractivity contribution in [3.63, 3.8) is 0 Å². The molecule has 0 aromatic carbocycles. The SMILES string of the molecule is CC(CC(F)(F)F)NC(=O)CCS. The van der Waals surface area contributed by atoms with Gasteiger partial charge in [-0.05, 0) is 12.7 Å². The third-order valence-corrected chi connectivity index (χ3v) is 1.51. The summed E-state index contributed by atoms with van der Waals surface area (Å²) in [4.78, 5) is 10.8. The number of halogens is 3. The number of hydrogen-bond donors (Lipinski definition) is 2. The molecule has 0 aliphatic heterocycles. The van der Waals surface area contributed by atoms with Gasteiger partial charge < -0.3 is 5.32 Å². The molecule has 0 radical (unpaired) electrons. The van der Waals surface area contributed by atoms with Gasteiger partial charge in [-0.2, -0.15) is 25.8 Å². The summed E-state index contributed by atoms with van der Waals surface area (Å²) in [5.41, 5.74) is 0. The summed E-state index contributed by atoms with van der Waals surface area (Å²) < 4.78 is 35.3. The molecular weight excluding hydrogens is 203 g/mol. The Hall–Kier alpha value is -0.390. The maximum Gasteiger partial charge on any atom is 0.391 e. The van der Waals surface area contributed by atoms with Crippen molar-refractivity contribution in [3.8, 4) is 0 Å². The molecule has 0 fully saturated rings. The summed E-state index contributed by atoms with van der Waals surface area (Å²) >= 11 is 3.79. The second-order valence-corrected chi connectivity index (χ2v) is 3.21. The minimum atomic E-state index is -4.23. The zero-order valence-electron chi connectivity index (χ0n) is 7.19. The van der Waals surface area contributed by atoms with Crippen LogP contribution in [-0.4, -0.2) is 23.9 Å². The lowest BCUT2D eigenvalue weighted by atomic mass is 10.2. The average Bonchev–Trinajstić information content (AvgIpc) is 1.81. The lowest BCUT2D eigenvalue weighted by Crippen LogP contribution is -2.35. The standard InChI is InChI=1S/C7H12F3NOS/c1-5(4-7(8,9)10)11-6(12)2-3-13/h5,13H,2-4H2,1H3,(H,11,12). The fourth-order valence-electron chi connectivity index (χ4n) is 0.847. The second kappa shape index (κ2) is 5.36. The Balaban J connectivity index is 3.74. The third-order valence-electron chi connectivity index (χ3n) is 1.28. The molecule has 1 amide bonds. The Labute approximate surface area is 80.3 Å². The first-order chi connectivity index (χ1) is 5.85. The molecular formula is C7H12F3NOS. The number of rotatable bonds is 4. The summed E-state index contributed by atoms with van der Waals surface area (Å²) in [5, 5.41) is 2.23. The summed E-state index contributed by atoms with van der Waals surface area (Å²) in [6.07, 6.45) is -5.08. The quantitative estimate of drug-likeness (QED) is 0.687. The number of nitrogens with one attached hydrogen (secondary N) is 1. The number of carbonyl (C=O) groups excluding carboxylic acids is 1. The molecule has 0 heterocycles. The third kappa shape index (κ3) is 7.95. The molecule has 0 saturated carbocycles. The van der Waals surface area contributed by atoms with Gasteiger partial charge in [0.1, 0.15) is 0 Å². The van der Waals surface area contributed by atoms with E-state index in [4.69, 9.17) is 0 Å². The van der Waals surface area contributed by atoms with Gasteiger partial charge in [0.25, 0.3) is 0 Å². The van der Waals surface area contributed by atoms with Crippen LogP contribution in [0, 0.1) is 0 Å². The lowest BCUT2D eigenvalue weighted by molar-refractivity contribution is -0.141. The fourth-order valence-corrected chi connectivity index (χ4v) is 1.05. The molecule has 1 atom stereocenters. The Morgan fingerprint density at radius 1 is 1.54 bits per heavy atom. The zero-order chi connectivity index (χ0) is 10.5. The highest BCUT2D eigenvalue weighted by atomic mass is 32.1. The highest BCUT2D eigenvalue weighted by molar-refractivity contribution is 7.80. The smallest absolute Gasteiger partial charge is 0.353 e. The molecule has 0 bridgehead atoms. The van der Waals surface area contributed by atoms with Crippen molar-refractivity contribution in [2.75, 3.05) is 5.75 Å². The van der Waals surface area contributed by atoms with E-state index in [-0.39, 0.29) is 6.42 Å². The minimum absolute atomic E-state index is 0.144. The van der Waals surface area contributed by atoms with Gasteiger partial charge in [0.05, 0.1) is 6.42 Å². The summed E-state index contributed by atoms with van der Waals surface area (Å²) in [6.45, 7) is 1.32. The molecule has 2 nitrogen and oxygen atoms in total. The first-order valence-electron chi connectivity index (χ1n) is 3.82. The normalized spacial score (nSPS) is 13.9. The van der Waals surface area contributed by atoms with E-state index >= 15 is 0 Å². The summed E-state index contributed by atoms with van der Waals surface area (Å²) in [6, 6.07) is -0.868. The summed E-state index contributed by atoms with van der Waals surface area (Å²) in [5.74, 6) is -0.0587. The van der Waals surface area contributed by atoms with Crippen LogP contribution in [0.5, 0.6) is 0 Å². The Morgan fingerprint density at radius 2 is 2.08 bits per heavy atom. The second-order valence-electron chi connectivity index (χ2n) is 2.76. The van der Waals surface area contributed by atoms with Crippen molar-refractivity contribution in [2.24, 2.45) is 0 Å². The van der Waals surface area contributed by atoms with E-state index in [0.29, 0.717) is 5.75 Å². The first kappa shape index (κ1) is 12.6. The van der Waals surface area contributed by atoms with Gasteiger partial charge in [-0.25, -0.2) is 0 Å². The van der Waals surface area contributed by atoms with Crippen molar-refractivity contribution in [2.45, 2.75) is 32.0 Å². The molecule has 6 heteroatoms. The van der Waals surface area contributed by atoms with E-state index in [1.165, 1.54) is 6.92 Å². The van der Waals surface area contributed by atoms with E-state index in [0.717, 1.165) is 0 Å². The highest BCUT2D eigenvalue weighted by Crippen LogP contribution is 2.21. The van der Waals surface area contributed by atoms with Gasteiger partial charge in [0.2, 0.25) is 5.91 Å². The van der Waals surface area contributed by atoms with Crippen LogP contribution in [-0.2, 0) is 4.79 Å². The number of amides is 1. The number of thiol groups is 1. The monoisotopic (exact) mass is 215 g/mol. The van der Waals surface area contributed by atoms with Crippen molar-refractivity contribution < 1.29 is 18.0 Å². The molecule has 78 valence electrons. The van der Waals surface area contributed by atoms with E-state index in [1.807, 2.05) is 0 Å². The molecule has 0 aromatic rings. The molecule has 0 saturated heterocycles. The number of hydrogen-bond acceptors (Lipinski definition) is 2. The van der Waals surface area contributed by atoms with Crippen molar-refractivity contribution in [3.05, 3.63) is 0 Å². The van der Waals surface area contributed by atoms with Crippen LogP contribution in [0.4, 0.5) is 13.2 Å². The Bertz CT molecular complexity index is 172. The molecule has 1 unspecified atom stereocenters. The minimum Gasteiger partial charge on any atom is -0.353 e. The van der Waals surface area contributed by atoms with E-state index in [2.05, 4.69) is 17.9 Å². The average molecular weight is 215 g/mol. The van der Waals surface area contributed by atoms with Gasteiger partial charge in [0, 0.05) is 12.5 Å². The topological polar surface area (TPSA) is 29.1 Å². The Morgan fingerprint density at radius 3 is 2.46 bits per heavy atom. The van der Waals surface area contributed by atoms with Gasteiger partial charge in [-0.15, -0.1) is 0 Å². The molecule has 0 spiro atoms.